The molecule has 6 nitrogen and oxygen atoms in total. The largest absolute Gasteiger partial charge is 0.479 e. The van der Waals surface area contributed by atoms with E-state index in [9.17, 15) is 9.59 Å². The van der Waals surface area contributed by atoms with Gasteiger partial charge in [0.2, 0.25) is 0 Å². The molecule has 1 aromatic rings. The highest BCUT2D eigenvalue weighted by Gasteiger charge is 2.19. The molecule has 1 aliphatic heterocycles. The van der Waals surface area contributed by atoms with E-state index >= 15 is 0 Å². The van der Waals surface area contributed by atoms with Crippen LogP contribution in [0, 0.1) is 0 Å². The van der Waals surface area contributed by atoms with Gasteiger partial charge < -0.3 is 20.8 Å². The molecule has 1 heterocycles. The summed E-state index contributed by atoms with van der Waals surface area (Å²) in [6.07, 6.45) is 0.184. The minimum Gasteiger partial charge on any atom is -0.479 e. The minimum absolute atomic E-state index is 0.300. The zero-order valence-corrected chi connectivity index (χ0v) is 10.3. The van der Waals surface area contributed by atoms with Gasteiger partial charge >= 0.3 is 5.97 Å². The van der Waals surface area contributed by atoms with E-state index in [1.807, 2.05) is 6.07 Å². The van der Waals surface area contributed by atoms with Crippen LogP contribution in [0.2, 0.25) is 0 Å². The molecule has 2 rings (SSSR count). The molecule has 0 unspecified atom stereocenters. The first-order valence-electron chi connectivity index (χ1n) is 6.14. The Morgan fingerprint density at radius 1 is 1.42 bits per heavy atom. The molecular formula is C13H16N2O4. The molecule has 0 fully saturated rings. The zero-order valence-electron chi connectivity index (χ0n) is 10.3. The zero-order chi connectivity index (χ0) is 13.8. The Labute approximate surface area is 110 Å². The summed E-state index contributed by atoms with van der Waals surface area (Å²) < 4.78 is 0. The molecule has 0 saturated carbocycles. The van der Waals surface area contributed by atoms with E-state index in [2.05, 4.69) is 10.6 Å². The van der Waals surface area contributed by atoms with Crippen LogP contribution in [0.25, 0.3) is 0 Å². The highest BCUT2D eigenvalue weighted by atomic mass is 16.4. The van der Waals surface area contributed by atoms with Crippen molar-refractivity contribution >= 4 is 17.6 Å². The number of carbonyl (C=O) groups is 2. The second-order valence-corrected chi connectivity index (χ2v) is 4.43. The van der Waals surface area contributed by atoms with Crippen LogP contribution in [0.4, 0.5) is 5.69 Å². The van der Waals surface area contributed by atoms with Gasteiger partial charge in [-0.05, 0) is 30.5 Å². The average molecular weight is 264 g/mol. The predicted octanol–water partition coefficient (Wildman–Crippen LogP) is 0.220. The van der Waals surface area contributed by atoms with E-state index < -0.39 is 12.1 Å². The lowest BCUT2D eigenvalue weighted by molar-refractivity contribution is -0.146. The molecule has 0 aliphatic carbocycles. The third-order valence-corrected chi connectivity index (χ3v) is 3.08. The maximum atomic E-state index is 12.0. The highest BCUT2D eigenvalue weighted by molar-refractivity contribution is 5.97. The molecule has 0 saturated heterocycles. The molecular weight excluding hydrogens is 248 g/mol. The summed E-state index contributed by atoms with van der Waals surface area (Å²) in [6, 6.07) is 5.39. The Bertz CT molecular complexity index is 501. The van der Waals surface area contributed by atoms with Crippen LogP contribution >= 0.6 is 0 Å². The molecule has 6 heteroatoms. The molecule has 19 heavy (non-hydrogen) atoms. The molecule has 0 bridgehead atoms. The summed E-state index contributed by atoms with van der Waals surface area (Å²) >= 11 is 0. The topological polar surface area (TPSA) is 98.7 Å². The smallest absolute Gasteiger partial charge is 0.334 e. The number of carbonyl (C=O) groups excluding carboxylic acids is 1. The Kier molecular flexibility index (Phi) is 4.01. The number of aliphatic hydroxyl groups is 1. The van der Waals surface area contributed by atoms with Gasteiger partial charge in [-0.25, -0.2) is 4.79 Å². The molecule has 1 amide bonds. The first-order chi connectivity index (χ1) is 9.09. The second-order valence-electron chi connectivity index (χ2n) is 4.43. The van der Waals surface area contributed by atoms with Crippen LogP contribution in [0.1, 0.15) is 22.3 Å². The number of anilines is 1. The number of hydrogen-bond acceptors (Lipinski definition) is 4. The maximum absolute atomic E-state index is 12.0. The third-order valence-electron chi connectivity index (χ3n) is 3.08. The van der Waals surface area contributed by atoms with E-state index in [0.717, 1.165) is 30.6 Å². The molecule has 1 aliphatic rings. The van der Waals surface area contributed by atoms with Crippen molar-refractivity contribution in [1.29, 1.82) is 0 Å². The van der Waals surface area contributed by atoms with Crippen molar-refractivity contribution in [2.24, 2.45) is 0 Å². The standard InChI is InChI=1S/C13H16N2O4/c16-11(13(18)19)7-15-12(17)9-3-1-5-10-8(9)4-2-6-14-10/h1,3,5,11,14,16H,2,4,6-7H2,(H,15,17)(H,18,19)/t11-/m0/s1. The Balaban J connectivity index is 2.09. The van der Waals surface area contributed by atoms with Crippen molar-refractivity contribution in [2.75, 3.05) is 18.4 Å². The molecule has 102 valence electrons. The van der Waals surface area contributed by atoms with Gasteiger partial charge in [0.15, 0.2) is 6.10 Å². The lowest BCUT2D eigenvalue weighted by Gasteiger charge is -2.20. The first-order valence-corrected chi connectivity index (χ1v) is 6.14. The number of carboxylic acid groups (broad SMARTS) is 1. The lowest BCUT2D eigenvalue weighted by atomic mass is 9.97. The van der Waals surface area contributed by atoms with Gasteiger partial charge in [-0.15, -0.1) is 0 Å². The molecule has 4 N–H and O–H groups in total. The quantitative estimate of drug-likeness (QED) is 0.623. The summed E-state index contributed by atoms with van der Waals surface area (Å²) in [5.74, 6) is -1.71. The Morgan fingerprint density at radius 2 is 2.21 bits per heavy atom. The monoisotopic (exact) mass is 264 g/mol. The van der Waals surface area contributed by atoms with E-state index in [0.29, 0.717) is 5.56 Å². The number of rotatable bonds is 4. The van der Waals surface area contributed by atoms with Gasteiger partial charge in [0.1, 0.15) is 0 Å². The number of aliphatic hydroxyl groups excluding tert-OH is 1. The fraction of sp³-hybridized carbons (Fsp3) is 0.385. The van der Waals surface area contributed by atoms with Crippen LogP contribution in [0.3, 0.4) is 0 Å². The fourth-order valence-corrected chi connectivity index (χ4v) is 2.09. The number of benzene rings is 1. The Morgan fingerprint density at radius 3 is 2.95 bits per heavy atom. The summed E-state index contributed by atoms with van der Waals surface area (Å²) in [4.78, 5) is 22.5. The van der Waals surface area contributed by atoms with Crippen molar-refractivity contribution in [2.45, 2.75) is 18.9 Å². The van der Waals surface area contributed by atoms with Gasteiger partial charge in [0, 0.05) is 17.8 Å². The van der Waals surface area contributed by atoms with E-state index in [1.165, 1.54) is 0 Å². The van der Waals surface area contributed by atoms with Crippen molar-refractivity contribution in [3.05, 3.63) is 29.3 Å². The molecule has 1 aromatic carbocycles. The predicted molar refractivity (Wildman–Crippen MR) is 69.2 cm³/mol. The van der Waals surface area contributed by atoms with E-state index in [4.69, 9.17) is 10.2 Å². The van der Waals surface area contributed by atoms with Crippen molar-refractivity contribution in [3.63, 3.8) is 0 Å². The van der Waals surface area contributed by atoms with Gasteiger partial charge in [-0.1, -0.05) is 6.07 Å². The molecule has 0 aromatic heterocycles. The minimum atomic E-state index is -1.58. The number of hydrogen-bond donors (Lipinski definition) is 4. The second kappa shape index (κ2) is 5.71. The Hall–Kier alpha value is -2.08. The third kappa shape index (κ3) is 3.03. The van der Waals surface area contributed by atoms with Crippen LogP contribution in [-0.4, -0.2) is 41.3 Å². The van der Waals surface area contributed by atoms with Gasteiger partial charge in [-0.3, -0.25) is 4.79 Å². The number of nitrogens with one attached hydrogen (secondary N) is 2. The number of carboxylic acids is 1. The first kappa shape index (κ1) is 13.4. The maximum Gasteiger partial charge on any atom is 0.334 e. The number of amides is 1. The van der Waals surface area contributed by atoms with Crippen LogP contribution in [0.5, 0.6) is 0 Å². The van der Waals surface area contributed by atoms with Crippen LogP contribution in [-0.2, 0) is 11.2 Å². The van der Waals surface area contributed by atoms with Gasteiger partial charge in [0.25, 0.3) is 5.91 Å². The molecule has 1 atom stereocenters. The van der Waals surface area contributed by atoms with Gasteiger partial charge in [0.05, 0.1) is 6.54 Å². The van der Waals surface area contributed by atoms with Crippen LogP contribution in [0.15, 0.2) is 18.2 Å². The lowest BCUT2D eigenvalue weighted by Crippen LogP contribution is -2.37. The normalized spacial score (nSPS) is 15.0. The summed E-state index contributed by atoms with van der Waals surface area (Å²) in [5.41, 5.74) is 2.41. The molecule has 0 spiro atoms. The number of fused-ring (bicyclic) bond motifs is 1. The van der Waals surface area contributed by atoms with E-state index in [1.54, 1.807) is 12.1 Å². The number of aliphatic carboxylic acids is 1. The summed E-state index contributed by atoms with van der Waals surface area (Å²) in [6.45, 7) is 0.584. The SMILES string of the molecule is O=C(NC[C@H](O)C(=O)O)c1cccc2c1CCCN2. The highest BCUT2D eigenvalue weighted by Crippen LogP contribution is 2.25. The van der Waals surface area contributed by atoms with Crippen molar-refractivity contribution in [1.82, 2.24) is 5.32 Å². The van der Waals surface area contributed by atoms with Crippen molar-refractivity contribution < 1.29 is 19.8 Å². The van der Waals surface area contributed by atoms with Crippen molar-refractivity contribution in [3.8, 4) is 0 Å². The van der Waals surface area contributed by atoms with E-state index in [-0.39, 0.29) is 12.5 Å². The average Bonchev–Trinajstić information content (AvgIpc) is 2.43. The summed E-state index contributed by atoms with van der Waals surface area (Å²) in [5, 5.41) is 23.3. The fourth-order valence-electron chi connectivity index (χ4n) is 2.09. The van der Waals surface area contributed by atoms with Crippen LogP contribution < -0.4 is 10.6 Å². The summed E-state index contributed by atoms with van der Waals surface area (Å²) in [7, 11) is 0. The molecule has 0 radical (unpaired) electrons. The van der Waals surface area contributed by atoms with Gasteiger partial charge in [-0.2, -0.15) is 0 Å².